The summed E-state index contributed by atoms with van der Waals surface area (Å²) < 4.78 is 24.1. The number of halogens is 1. The van der Waals surface area contributed by atoms with E-state index >= 15 is 0 Å². The Morgan fingerprint density at radius 3 is 2.72 bits per heavy atom. The Hall–Kier alpha value is -0.970. The van der Waals surface area contributed by atoms with Crippen LogP contribution in [0.2, 0.25) is 0 Å². The fourth-order valence-corrected chi connectivity index (χ4v) is 2.69. The summed E-state index contributed by atoms with van der Waals surface area (Å²) in [7, 11) is 0. The van der Waals surface area contributed by atoms with Gasteiger partial charge in [-0.3, -0.25) is 4.90 Å². The Labute approximate surface area is 106 Å². The van der Waals surface area contributed by atoms with Crippen molar-refractivity contribution in [1.29, 1.82) is 0 Å². The van der Waals surface area contributed by atoms with Crippen molar-refractivity contribution in [2.45, 2.75) is 18.6 Å². The number of rotatable bonds is 2. The van der Waals surface area contributed by atoms with Crippen molar-refractivity contribution in [2.24, 2.45) is 0 Å². The average Bonchev–Trinajstić information content (AvgIpc) is 2.94. The SMILES string of the molecule is Fc1ccc([C@H]2CN([C@@H]3CCOC3)CCO2)cc1. The minimum atomic E-state index is -0.199. The highest BCUT2D eigenvalue weighted by molar-refractivity contribution is 5.19. The van der Waals surface area contributed by atoms with Crippen LogP contribution >= 0.6 is 0 Å². The Kier molecular flexibility index (Phi) is 3.59. The fourth-order valence-electron chi connectivity index (χ4n) is 2.69. The zero-order valence-corrected chi connectivity index (χ0v) is 10.3. The second kappa shape index (κ2) is 5.34. The topological polar surface area (TPSA) is 21.7 Å². The quantitative estimate of drug-likeness (QED) is 0.802. The lowest BCUT2D eigenvalue weighted by molar-refractivity contribution is -0.0456. The Morgan fingerprint density at radius 1 is 1.17 bits per heavy atom. The lowest BCUT2D eigenvalue weighted by Gasteiger charge is -2.36. The molecule has 0 N–H and O–H groups in total. The third-order valence-corrected chi connectivity index (χ3v) is 3.76. The van der Waals surface area contributed by atoms with Crippen LogP contribution in [0.15, 0.2) is 24.3 Å². The van der Waals surface area contributed by atoms with Gasteiger partial charge in [0.15, 0.2) is 0 Å². The van der Waals surface area contributed by atoms with Gasteiger partial charge in [-0.05, 0) is 24.1 Å². The Balaban J connectivity index is 1.67. The molecule has 0 bridgehead atoms. The Morgan fingerprint density at radius 2 is 2.00 bits per heavy atom. The first-order chi connectivity index (χ1) is 8.83. The molecule has 98 valence electrons. The number of hydrogen-bond acceptors (Lipinski definition) is 3. The summed E-state index contributed by atoms with van der Waals surface area (Å²) in [4.78, 5) is 2.44. The minimum Gasteiger partial charge on any atom is -0.380 e. The lowest BCUT2D eigenvalue weighted by atomic mass is 10.1. The average molecular weight is 251 g/mol. The maximum Gasteiger partial charge on any atom is 0.123 e. The monoisotopic (exact) mass is 251 g/mol. The zero-order chi connectivity index (χ0) is 12.4. The number of nitrogens with zero attached hydrogens (tertiary/aromatic N) is 1. The lowest BCUT2D eigenvalue weighted by Crippen LogP contribution is -2.45. The maximum absolute atomic E-state index is 12.9. The summed E-state index contributed by atoms with van der Waals surface area (Å²) in [5, 5.41) is 0. The van der Waals surface area contributed by atoms with Crippen molar-refractivity contribution in [1.82, 2.24) is 4.90 Å². The number of benzene rings is 1. The highest BCUT2D eigenvalue weighted by Gasteiger charge is 2.29. The van der Waals surface area contributed by atoms with Gasteiger partial charge in [0.1, 0.15) is 5.82 Å². The summed E-state index contributed by atoms with van der Waals surface area (Å²) >= 11 is 0. The largest absolute Gasteiger partial charge is 0.380 e. The van der Waals surface area contributed by atoms with Crippen LogP contribution in [0.1, 0.15) is 18.1 Å². The van der Waals surface area contributed by atoms with Gasteiger partial charge in [-0.15, -0.1) is 0 Å². The molecular weight excluding hydrogens is 233 g/mol. The molecule has 0 amide bonds. The molecule has 1 aromatic carbocycles. The first kappa shape index (κ1) is 12.1. The number of ether oxygens (including phenoxy) is 2. The van der Waals surface area contributed by atoms with E-state index in [1.54, 1.807) is 0 Å². The van der Waals surface area contributed by atoms with E-state index in [1.807, 2.05) is 12.1 Å². The number of hydrogen-bond donors (Lipinski definition) is 0. The predicted molar refractivity (Wildman–Crippen MR) is 65.9 cm³/mol. The molecule has 18 heavy (non-hydrogen) atoms. The van der Waals surface area contributed by atoms with Crippen molar-refractivity contribution in [3.63, 3.8) is 0 Å². The third-order valence-electron chi connectivity index (χ3n) is 3.76. The van der Waals surface area contributed by atoms with Gasteiger partial charge in [0.05, 0.1) is 19.3 Å². The normalized spacial score (nSPS) is 29.6. The second-order valence-corrected chi connectivity index (χ2v) is 4.92. The van der Waals surface area contributed by atoms with Crippen molar-refractivity contribution < 1.29 is 13.9 Å². The molecule has 2 aliphatic heterocycles. The van der Waals surface area contributed by atoms with E-state index in [4.69, 9.17) is 9.47 Å². The molecule has 0 spiro atoms. The minimum absolute atomic E-state index is 0.0555. The van der Waals surface area contributed by atoms with E-state index in [9.17, 15) is 4.39 Å². The molecule has 2 atom stereocenters. The van der Waals surface area contributed by atoms with Gasteiger partial charge in [-0.2, -0.15) is 0 Å². The van der Waals surface area contributed by atoms with Crippen LogP contribution in [0.3, 0.4) is 0 Å². The van der Waals surface area contributed by atoms with Gasteiger partial charge < -0.3 is 9.47 Å². The van der Waals surface area contributed by atoms with Crippen molar-refractivity contribution in [2.75, 3.05) is 32.9 Å². The van der Waals surface area contributed by atoms with Gasteiger partial charge in [-0.25, -0.2) is 4.39 Å². The molecule has 0 radical (unpaired) electrons. The standard InChI is InChI=1S/C14H18FNO2/c15-12-3-1-11(2-4-12)14-9-16(6-8-18-14)13-5-7-17-10-13/h1-4,13-14H,5-10H2/t13-,14-/m1/s1. The molecule has 0 aromatic heterocycles. The van der Waals surface area contributed by atoms with Crippen LogP contribution in [0.4, 0.5) is 4.39 Å². The number of morpholine rings is 1. The van der Waals surface area contributed by atoms with Crippen molar-refractivity contribution in [3.05, 3.63) is 35.6 Å². The first-order valence-electron chi connectivity index (χ1n) is 6.52. The molecule has 4 heteroatoms. The van der Waals surface area contributed by atoms with Crippen LogP contribution < -0.4 is 0 Å². The molecular formula is C14H18FNO2. The summed E-state index contributed by atoms with van der Waals surface area (Å²) in [5.41, 5.74) is 1.06. The molecule has 1 aromatic rings. The van der Waals surface area contributed by atoms with Gasteiger partial charge in [-0.1, -0.05) is 12.1 Å². The maximum atomic E-state index is 12.9. The smallest absolute Gasteiger partial charge is 0.123 e. The third kappa shape index (κ3) is 2.55. The Bertz CT molecular complexity index is 389. The summed E-state index contributed by atoms with van der Waals surface area (Å²) in [5.74, 6) is -0.199. The van der Waals surface area contributed by atoms with Crippen LogP contribution in [0.5, 0.6) is 0 Å². The van der Waals surface area contributed by atoms with E-state index in [0.717, 1.165) is 44.9 Å². The summed E-state index contributed by atoms with van der Waals surface area (Å²) in [6.07, 6.45) is 1.16. The van der Waals surface area contributed by atoms with Crippen molar-refractivity contribution >= 4 is 0 Å². The highest BCUT2D eigenvalue weighted by atomic mass is 19.1. The molecule has 0 aliphatic carbocycles. The molecule has 2 fully saturated rings. The fraction of sp³-hybridized carbons (Fsp3) is 0.571. The zero-order valence-electron chi connectivity index (χ0n) is 10.3. The highest BCUT2D eigenvalue weighted by Crippen LogP contribution is 2.25. The van der Waals surface area contributed by atoms with E-state index in [2.05, 4.69) is 4.90 Å². The second-order valence-electron chi connectivity index (χ2n) is 4.92. The van der Waals surface area contributed by atoms with Crippen LogP contribution in [0.25, 0.3) is 0 Å². The van der Waals surface area contributed by atoms with Gasteiger partial charge in [0, 0.05) is 25.7 Å². The van der Waals surface area contributed by atoms with E-state index in [0.29, 0.717) is 6.04 Å². The van der Waals surface area contributed by atoms with Gasteiger partial charge >= 0.3 is 0 Å². The molecule has 0 unspecified atom stereocenters. The van der Waals surface area contributed by atoms with E-state index < -0.39 is 0 Å². The summed E-state index contributed by atoms with van der Waals surface area (Å²) in [6.45, 7) is 4.27. The molecule has 2 heterocycles. The van der Waals surface area contributed by atoms with E-state index in [1.165, 1.54) is 12.1 Å². The first-order valence-corrected chi connectivity index (χ1v) is 6.52. The predicted octanol–water partition coefficient (Wildman–Crippen LogP) is 1.99. The molecule has 2 aliphatic rings. The molecule has 0 saturated carbocycles. The molecule has 3 nitrogen and oxygen atoms in total. The van der Waals surface area contributed by atoms with Crippen LogP contribution in [-0.4, -0.2) is 43.9 Å². The van der Waals surface area contributed by atoms with Gasteiger partial charge in [0.2, 0.25) is 0 Å². The summed E-state index contributed by atoms with van der Waals surface area (Å²) in [6, 6.07) is 7.15. The molecule has 2 saturated heterocycles. The van der Waals surface area contributed by atoms with Gasteiger partial charge in [0.25, 0.3) is 0 Å². The van der Waals surface area contributed by atoms with Crippen LogP contribution in [0, 0.1) is 5.82 Å². The van der Waals surface area contributed by atoms with Crippen LogP contribution in [-0.2, 0) is 9.47 Å². The van der Waals surface area contributed by atoms with Crippen molar-refractivity contribution in [3.8, 4) is 0 Å². The molecule has 3 rings (SSSR count). The van der Waals surface area contributed by atoms with E-state index in [-0.39, 0.29) is 11.9 Å².